The van der Waals surface area contributed by atoms with Crippen LogP contribution in [0.5, 0.6) is 17.4 Å². The van der Waals surface area contributed by atoms with Gasteiger partial charge < -0.3 is 14.6 Å². The molecule has 1 aromatic carbocycles. The van der Waals surface area contributed by atoms with E-state index in [4.69, 9.17) is 14.6 Å². The number of aryl methyl sites for hydroxylation is 1. The van der Waals surface area contributed by atoms with Crippen LogP contribution < -0.4 is 9.47 Å². The molecule has 0 aliphatic rings. The maximum atomic E-state index is 9.03. The lowest BCUT2D eigenvalue weighted by Gasteiger charge is -2.09. The zero-order chi connectivity index (χ0) is 13.7. The minimum atomic E-state index is -0.0167. The van der Waals surface area contributed by atoms with E-state index in [1.807, 2.05) is 44.2 Å². The summed E-state index contributed by atoms with van der Waals surface area (Å²) in [6.45, 7) is 4.47. The van der Waals surface area contributed by atoms with Crippen LogP contribution in [0.2, 0.25) is 0 Å². The first-order valence-corrected chi connectivity index (χ1v) is 6.20. The van der Waals surface area contributed by atoms with Gasteiger partial charge in [-0.15, -0.1) is 0 Å². The number of aromatic nitrogens is 1. The monoisotopic (exact) mass is 259 g/mol. The number of benzene rings is 1. The van der Waals surface area contributed by atoms with Crippen LogP contribution in [-0.2, 0) is 6.61 Å². The largest absolute Gasteiger partial charge is 0.494 e. The zero-order valence-electron chi connectivity index (χ0n) is 11.1. The Morgan fingerprint density at radius 3 is 2.42 bits per heavy atom. The molecule has 4 nitrogen and oxygen atoms in total. The summed E-state index contributed by atoms with van der Waals surface area (Å²) < 4.78 is 11.1. The van der Waals surface area contributed by atoms with Crippen molar-refractivity contribution in [3.05, 3.63) is 47.7 Å². The summed E-state index contributed by atoms with van der Waals surface area (Å²) in [6.07, 6.45) is 1.61. The SMILES string of the molecule is CCOc1ccc(Oc2ncc(CO)cc2C)cc1. The molecule has 0 spiro atoms. The van der Waals surface area contributed by atoms with E-state index in [1.54, 1.807) is 6.20 Å². The molecule has 1 N–H and O–H groups in total. The normalized spacial score (nSPS) is 10.3. The molecule has 0 aliphatic heterocycles. The third-order valence-corrected chi connectivity index (χ3v) is 2.62. The Labute approximate surface area is 112 Å². The molecule has 4 heteroatoms. The third-order valence-electron chi connectivity index (χ3n) is 2.62. The highest BCUT2D eigenvalue weighted by molar-refractivity contribution is 5.36. The molecule has 1 aromatic heterocycles. The van der Waals surface area contributed by atoms with Crippen LogP contribution in [0.15, 0.2) is 36.5 Å². The van der Waals surface area contributed by atoms with Crippen LogP contribution in [0.1, 0.15) is 18.1 Å². The van der Waals surface area contributed by atoms with Crippen molar-refractivity contribution >= 4 is 0 Å². The summed E-state index contributed by atoms with van der Waals surface area (Å²) in [5.74, 6) is 2.06. The van der Waals surface area contributed by atoms with E-state index in [-0.39, 0.29) is 6.61 Å². The second-order valence-corrected chi connectivity index (χ2v) is 4.13. The fourth-order valence-electron chi connectivity index (χ4n) is 1.70. The number of rotatable bonds is 5. The topological polar surface area (TPSA) is 51.6 Å². The molecule has 0 saturated heterocycles. The number of pyridine rings is 1. The van der Waals surface area contributed by atoms with Crippen LogP contribution in [0, 0.1) is 6.92 Å². The third kappa shape index (κ3) is 3.45. The van der Waals surface area contributed by atoms with Crippen molar-refractivity contribution in [2.24, 2.45) is 0 Å². The van der Waals surface area contributed by atoms with Crippen molar-refractivity contribution < 1.29 is 14.6 Å². The van der Waals surface area contributed by atoms with Crippen LogP contribution in [-0.4, -0.2) is 16.7 Å². The summed E-state index contributed by atoms with van der Waals surface area (Å²) in [7, 11) is 0. The van der Waals surface area contributed by atoms with Gasteiger partial charge >= 0.3 is 0 Å². The lowest BCUT2D eigenvalue weighted by molar-refractivity contribution is 0.281. The molecule has 0 bridgehead atoms. The zero-order valence-corrected chi connectivity index (χ0v) is 11.1. The Balaban J connectivity index is 2.12. The van der Waals surface area contributed by atoms with Gasteiger partial charge in [-0.05, 0) is 49.7 Å². The van der Waals surface area contributed by atoms with Crippen molar-refractivity contribution in [3.63, 3.8) is 0 Å². The Morgan fingerprint density at radius 2 is 1.84 bits per heavy atom. The first-order chi connectivity index (χ1) is 9.22. The molecule has 1 heterocycles. The van der Waals surface area contributed by atoms with Crippen LogP contribution in [0.3, 0.4) is 0 Å². The fourth-order valence-corrected chi connectivity index (χ4v) is 1.70. The molecule has 2 rings (SSSR count). The molecule has 0 unspecified atom stereocenters. The molecule has 2 aromatic rings. The van der Waals surface area contributed by atoms with Crippen LogP contribution in [0.25, 0.3) is 0 Å². The maximum absolute atomic E-state index is 9.03. The molecule has 0 fully saturated rings. The Morgan fingerprint density at radius 1 is 1.16 bits per heavy atom. The van der Waals surface area contributed by atoms with Gasteiger partial charge in [-0.2, -0.15) is 0 Å². The molecular formula is C15H17NO3. The van der Waals surface area contributed by atoms with Crippen molar-refractivity contribution in [3.8, 4) is 17.4 Å². The Hall–Kier alpha value is -2.07. The average molecular weight is 259 g/mol. The van der Waals surface area contributed by atoms with Gasteiger partial charge in [0.2, 0.25) is 5.88 Å². The van der Waals surface area contributed by atoms with Crippen molar-refractivity contribution in [1.29, 1.82) is 0 Å². The quantitative estimate of drug-likeness (QED) is 0.896. The van der Waals surface area contributed by atoms with E-state index in [2.05, 4.69) is 4.98 Å². The van der Waals surface area contributed by atoms with Gasteiger partial charge in [-0.25, -0.2) is 4.98 Å². The summed E-state index contributed by atoms with van der Waals surface area (Å²) >= 11 is 0. The smallest absolute Gasteiger partial charge is 0.222 e. The van der Waals surface area contributed by atoms with E-state index >= 15 is 0 Å². The van der Waals surface area contributed by atoms with Crippen molar-refractivity contribution in [1.82, 2.24) is 4.98 Å². The van der Waals surface area contributed by atoms with E-state index in [1.165, 1.54) is 0 Å². The number of hydrogen-bond donors (Lipinski definition) is 1. The van der Waals surface area contributed by atoms with E-state index in [0.29, 0.717) is 18.2 Å². The first kappa shape index (κ1) is 13.4. The summed E-state index contributed by atoms with van der Waals surface area (Å²) in [5, 5.41) is 9.03. The molecule has 0 atom stereocenters. The highest BCUT2D eigenvalue weighted by Crippen LogP contribution is 2.25. The van der Waals surface area contributed by atoms with Gasteiger partial charge in [0.05, 0.1) is 13.2 Å². The standard InChI is InChI=1S/C15H17NO3/c1-3-18-13-4-6-14(7-5-13)19-15-11(2)8-12(10-17)9-16-15/h4-9,17H,3,10H2,1-2H3. The predicted molar refractivity (Wildman–Crippen MR) is 72.6 cm³/mol. The highest BCUT2D eigenvalue weighted by atomic mass is 16.5. The van der Waals surface area contributed by atoms with Crippen molar-refractivity contribution in [2.45, 2.75) is 20.5 Å². The molecule has 0 aliphatic carbocycles. The first-order valence-electron chi connectivity index (χ1n) is 6.20. The van der Waals surface area contributed by atoms with E-state index in [0.717, 1.165) is 16.9 Å². The van der Waals surface area contributed by atoms with E-state index in [9.17, 15) is 0 Å². The van der Waals surface area contributed by atoms with Gasteiger partial charge in [-0.3, -0.25) is 0 Å². The van der Waals surface area contributed by atoms with Crippen LogP contribution in [0.4, 0.5) is 0 Å². The number of hydrogen-bond acceptors (Lipinski definition) is 4. The summed E-state index contributed by atoms with van der Waals surface area (Å²) in [6, 6.07) is 9.25. The second-order valence-electron chi connectivity index (χ2n) is 4.13. The van der Waals surface area contributed by atoms with Gasteiger partial charge in [0.1, 0.15) is 11.5 Å². The molecule has 100 valence electrons. The number of ether oxygens (including phenoxy) is 2. The molecular weight excluding hydrogens is 242 g/mol. The maximum Gasteiger partial charge on any atom is 0.222 e. The highest BCUT2D eigenvalue weighted by Gasteiger charge is 2.04. The average Bonchev–Trinajstić information content (AvgIpc) is 2.43. The van der Waals surface area contributed by atoms with Gasteiger partial charge in [0.25, 0.3) is 0 Å². The summed E-state index contributed by atoms with van der Waals surface area (Å²) in [5.41, 5.74) is 1.66. The molecule has 0 saturated carbocycles. The second kappa shape index (κ2) is 6.20. The predicted octanol–water partition coefficient (Wildman–Crippen LogP) is 3.07. The lowest BCUT2D eigenvalue weighted by atomic mass is 10.2. The van der Waals surface area contributed by atoms with Crippen LogP contribution >= 0.6 is 0 Å². The lowest BCUT2D eigenvalue weighted by Crippen LogP contribution is -1.95. The van der Waals surface area contributed by atoms with Gasteiger partial charge in [0, 0.05) is 11.8 Å². The molecule has 0 amide bonds. The van der Waals surface area contributed by atoms with E-state index < -0.39 is 0 Å². The van der Waals surface area contributed by atoms with Gasteiger partial charge in [-0.1, -0.05) is 0 Å². The molecule has 19 heavy (non-hydrogen) atoms. The molecule has 0 radical (unpaired) electrons. The number of aliphatic hydroxyl groups is 1. The number of nitrogens with zero attached hydrogens (tertiary/aromatic N) is 1. The fraction of sp³-hybridized carbons (Fsp3) is 0.267. The minimum absolute atomic E-state index is 0.0167. The van der Waals surface area contributed by atoms with Gasteiger partial charge in [0.15, 0.2) is 0 Å². The Bertz CT molecular complexity index is 538. The number of aliphatic hydroxyl groups excluding tert-OH is 1. The minimum Gasteiger partial charge on any atom is -0.494 e. The summed E-state index contributed by atoms with van der Waals surface area (Å²) in [4.78, 5) is 4.19. The Kier molecular flexibility index (Phi) is 4.36. The van der Waals surface area contributed by atoms with Crippen molar-refractivity contribution in [2.75, 3.05) is 6.61 Å².